The Balaban J connectivity index is 1.53. The molecule has 0 bridgehead atoms. The molecule has 1 aliphatic heterocycles. The van der Waals surface area contributed by atoms with Crippen molar-refractivity contribution in [3.8, 4) is 11.5 Å². The highest BCUT2D eigenvalue weighted by molar-refractivity contribution is 5.41. The highest BCUT2D eigenvalue weighted by atomic mass is 16.7. The van der Waals surface area contributed by atoms with Gasteiger partial charge in [-0.2, -0.15) is 5.06 Å². The van der Waals surface area contributed by atoms with E-state index in [1.807, 2.05) is 36.4 Å². The molecule has 1 aliphatic rings. The van der Waals surface area contributed by atoms with Crippen molar-refractivity contribution < 1.29 is 14.7 Å². The Morgan fingerprint density at radius 3 is 2.46 bits per heavy atom. The van der Waals surface area contributed by atoms with Crippen LogP contribution in [0.4, 0.5) is 0 Å². The Bertz CT molecular complexity index is 906. The molecule has 1 unspecified atom stereocenters. The van der Waals surface area contributed by atoms with E-state index in [0.29, 0.717) is 12.4 Å². The number of fused-ring (bicyclic) bond motifs is 1. The largest absolute Gasteiger partial charge is 0.508 e. The van der Waals surface area contributed by atoms with Gasteiger partial charge < -0.3 is 9.84 Å². The summed E-state index contributed by atoms with van der Waals surface area (Å²) in [4.78, 5) is 6.17. The molecule has 0 saturated heterocycles. The molecule has 4 heteroatoms. The van der Waals surface area contributed by atoms with Crippen LogP contribution < -0.4 is 4.74 Å². The van der Waals surface area contributed by atoms with Crippen LogP contribution in [0.5, 0.6) is 11.5 Å². The molecule has 4 nitrogen and oxygen atoms in total. The third kappa shape index (κ3) is 4.19. The fraction of sp³-hybridized carbons (Fsp3) is 0.250. The number of nitrogens with zero attached hydrogens (tertiary/aromatic N) is 1. The molecule has 28 heavy (non-hydrogen) atoms. The fourth-order valence-corrected chi connectivity index (χ4v) is 3.74. The fourth-order valence-electron chi connectivity index (χ4n) is 3.74. The summed E-state index contributed by atoms with van der Waals surface area (Å²) in [5, 5.41) is 11.7. The smallest absolute Gasteiger partial charge is 0.118 e. The van der Waals surface area contributed by atoms with Gasteiger partial charge in [0.2, 0.25) is 0 Å². The lowest BCUT2D eigenvalue weighted by atomic mass is 9.88. The highest BCUT2D eigenvalue weighted by Gasteiger charge is 2.25. The normalized spacial score (nSPS) is 17.0. The van der Waals surface area contributed by atoms with E-state index in [1.54, 1.807) is 19.2 Å². The maximum atomic E-state index is 9.66. The predicted octanol–water partition coefficient (Wildman–Crippen LogP) is 4.52. The molecular formula is C24H25NO3. The van der Waals surface area contributed by atoms with Crippen LogP contribution in [0.1, 0.15) is 28.2 Å². The highest BCUT2D eigenvalue weighted by Crippen LogP contribution is 2.32. The number of hydroxylamine groups is 2. The summed E-state index contributed by atoms with van der Waals surface area (Å²) in [5.41, 5.74) is 4.99. The number of methoxy groups -OCH3 is 1. The van der Waals surface area contributed by atoms with Gasteiger partial charge in [0, 0.05) is 19.0 Å². The molecule has 0 radical (unpaired) electrons. The average Bonchev–Trinajstić information content (AvgIpc) is 2.93. The topological polar surface area (TPSA) is 41.9 Å². The van der Waals surface area contributed by atoms with Crippen molar-refractivity contribution in [2.24, 2.45) is 0 Å². The van der Waals surface area contributed by atoms with Crippen LogP contribution in [0.2, 0.25) is 0 Å². The first-order chi connectivity index (χ1) is 13.7. The zero-order valence-electron chi connectivity index (χ0n) is 16.0. The van der Waals surface area contributed by atoms with Crippen LogP contribution in [0, 0.1) is 0 Å². The molecule has 1 atom stereocenters. The van der Waals surface area contributed by atoms with Crippen LogP contribution in [-0.2, 0) is 17.9 Å². The molecule has 3 aromatic rings. The molecule has 3 aromatic carbocycles. The lowest BCUT2D eigenvalue weighted by Crippen LogP contribution is -2.29. The predicted molar refractivity (Wildman–Crippen MR) is 109 cm³/mol. The summed E-state index contributed by atoms with van der Waals surface area (Å²) in [7, 11) is 1.67. The summed E-state index contributed by atoms with van der Waals surface area (Å²) in [5.74, 6) is 1.34. The molecule has 0 saturated carbocycles. The molecule has 4 rings (SSSR count). The number of hydrogen-bond donors (Lipinski definition) is 1. The first-order valence-corrected chi connectivity index (χ1v) is 9.60. The maximum absolute atomic E-state index is 9.66. The van der Waals surface area contributed by atoms with E-state index in [9.17, 15) is 5.11 Å². The van der Waals surface area contributed by atoms with Crippen molar-refractivity contribution in [2.45, 2.75) is 18.9 Å². The first-order valence-electron chi connectivity index (χ1n) is 9.60. The number of benzene rings is 3. The molecular weight excluding hydrogens is 350 g/mol. The van der Waals surface area contributed by atoms with Crippen LogP contribution >= 0.6 is 0 Å². The minimum absolute atomic E-state index is 0.204. The lowest BCUT2D eigenvalue weighted by molar-refractivity contribution is -0.169. The van der Waals surface area contributed by atoms with Crippen LogP contribution in [0.15, 0.2) is 72.8 Å². The van der Waals surface area contributed by atoms with Crippen molar-refractivity contribution >= 4 is 0 Å². The standard InChI is InChI=1S/C24H25NO3/c1-27-22-12-6-18(7-13-22)17-28-25-15-14-19-4-2-3-5-23(19)24(16-25)20-8-10-21(26)11-9-20/h2-13,24,26H,14-17H2,1H3. The molecule has 0 amide bonds. The van der Waals surface area contributed by atoms with Crippen LogP contribution in [-0.4, -0.2) is 30.4 Å². The molecule has 0 aromatic heterocycles. The number of phenolic OH excluding ortho intramolecular Hbond substituents is 1. The van der Waals surface area contributed by atoms with E-state index < -0.39 is 0 Å². The van der Waals surface area contributed by atoms with Gasteiger partial charge in [-0.1, -0.05) is 48.5 Å². The summed E-state index contributed by atoms with van der Waals surface area (Å²) >= 11 is 0. The van der Waals surface area contributed by atoms with Gasteiger partial charge in [-0.3, -0.25) is 4.84 Å². The van der Waals surface area contributed by atoms with E-state index in [2.05, 4.69) is 29.3 Å². The van der Waals surface area contributed by atoms with Crippen molar-refractivity contribution in [3.05, 3.63) is 95.1 Å². The third-order valence-electron chi connectivity index (χ3n) is 5.32. The number of hydrogen-bond acceptors (Lipinski definition) is 4. The van der Waals surface area contributed by atoms with Gasteiger partial charge in [-0.25, -0.2) is 0 Å². The van der Waals surface area contributed by atoms with E-state index >= 15 is 0 Å². The quantitative estimate of drug-likeness (QED) is 0.712. The molecule has 1 heterocycles. The van der Waals surface area contributed by atoms with Crippen molar-refractivity contribution in [2.75, 3.05) is 20.2 Å². The summed E-state index contributed by atoms with van der Waals surface area (Å²) in [6.07, 6.45) is 0.952. The second kappa shape index (κ2) is 8.46. The molecule has 0 fully saturated rings. The number of phenols is 1. The van der Waals surface area contributed by atoms with E-state index in [0.717, 1.165) is 30.8 Å². The molecule has 1 N–H and O–H groups in total. The van der Waals surface area contributed by atoms with Crippen LogP contribution in [0.3, 0.4) is 0 Å². The monoisotopic (exact) mass is 375 g/mol. The second-order valence-corrected chi connectivity index (χ2v) is 7.10. The minimum atomic E-state index is 0.204. The van der Waals surface area contributed by atoms with Gasteiger partial charge >= 0.3 is 0 Å². The third-order valence-corrected chi connectivity index (χ3v) is 5.32. The van der Waals surface area contributed by atoms with Gasteiger partial charge in [-0.15, -0.1) is 0 Å². The van der Waals surface area contributed by atoms with Gasteiger partial charge in [0.05, 0.1) is 13.7 Å². The molecule has 0 spiro atoms. The Labute approximate surface area is 165 Å². The Hall–Kier alpha value is -2.82. The second-order valence-electron chi connectivity index (χ2n) is 7.10. The van der Waals surface area contributed by atoms with Gasteiger partial charge in [0.1, 0.15) is 11.5 Å². The number of ether oxygens (including phenoxy) is 1. The Kier molecular flexibility index (Phi) is 5.60. The van der Waals surface area contributed by atoms with E-state index in [-0.39, 0.29) is 5.92 Å². The molecule has 0 aliphatic carbocycles. The van der Waals surface area contributed by atoms with Gasteiger partial charge in [-0.05, 0) is 52.9 Å². The summed E-state index contributed by atoms with van der Waals surface area (Å²) in [6.45, 7) is 2.16. The zero-order chi connectivity index (χ0) is 19.3. The van der Waals surface area contributed by atoms with Gasteiger partial charge in [0.15, 0.2) is 0 Å². The van der Waals surface area contributed by atoms with Gasteiger partial charge in [0.25, 0.3) is 0 Å². The average molecular weight is 375 g/mol. The maximum Gasteiger partial charge on any atom is 0.118 e. The van der Waals surface area contributed by atoms with Crippen LogP contribution in [0.25, 0.3) is 0 Å². The summed E-state index contributed by atoms with van der Waals surface area (Å²) in [6, 6.07) is 24.1. The Morgan fingerprint density at radius 2 is 1.71 bits per heavy atom. The first kappa shape index (κ1) is 18.5. The van der Waals surface area contributed by atoms with E-state index in [1.165, 1.54) is 16.7 Å². The SMILES string of the molecule is COc1ccc(CON2CCc3ccccc3C(c3ccc(O)cc3)C2)cc1. The summed E-state index contributed by atoms with van der Waals surface area (Å²) < 4.78 is 5.22. The lowest BCUT2D eigenvalue weighted by Gasteiger charge is -2.25. The number of rotatable bonds is 5. The van der Waals surface area contributed by atoms with Crippen molar-refractivity contribution in [1.82, 2.24) is 5.06 Å². The van der Waals surface area contributed by atoms with Crippen molar-refractivity contribution in [3.63, 3.8) is 0 Å². The zero-order valence-corrected chi connectivity index (χ0v) is 16.0. The minimum Gasteiger partial charge on any atom is -0.508 e. The molecule has 144 valence electrons. The Morgan fingerprint density at radius 1 is 0.964 bits per heavy atom. The number of aromatic hydroxyl groups is 1. The van der Waals surface area contributed by atoms with Crippen molar-refractivity contribution in [1.29, 1.82) is 0 Å². The van der Waals surface area contributed by atoms with E-state index in [4.69, 9.17) is 9.57 Å².